The van der Waals surface area contributed by atoms with Crippen molar-refractivity contribution >= 4 is 6.09 Å². The van der Waals surface area contributed by atoms with Crippen LogP contribution in [0, 0.1) is 5.92 Å². The summed E-state index contributed by atoms with van der Waals surface area (Å²) in [6, 6.07) is 0. The topological polar surface area (TPSA) is 100 Å². The normalized spacial score (nSPS) is 34.7. The summed E-state index contributed by atoms with van der Waals surface area (Å²) in [4.78, 5) is 12.4. The molecule has 190 valence electrons. The number of carbonyl (C=O) groups excluding carboxylic acids is 1. The second-order valence-electron chi connectivity index (χ2n) is 9.47. The van der Waals surface area contributed by atoms with Gasteiger partial charge in [0.15, 0.2) is 0 Å². The number of epoxide rings is 2. The van der Waals surface area contributed by atoms with E-state index in [1.807, 2.05) is 0 Å². The summed E-state index contributed by atoms with van der Waals surface area (Å²) < 4.78 is 39.5. The molecule has 1 amide bonds. The average Bonchev–Trinajstić information content (AvgIpc) is 3.69. The SMILES string of the molecule is COCCOCCOCCNC(=O)O[C@@H]1CCC2(CO2)[C@@H]([C@@]2(C)O[C@@H]2CC=C(C)C)[C@@H]1OC. The van der Waals surface area contributed by atoms with E-state index in [0.29, 0.717) is 52.6 Å². The van der Waals surface area contributed by atoms with Gasteiger partial charge in [0, 0.05) is 20.8 Å². The van der Waals surface area contributed by atoms with Gasteiger partial charge in [-0.1, -0.05) is 11.6 Å². The molecule has 2 saturated heterocycles. The van der Waals surface area contributed by atoms with Crippen LogP contribution in [0.3, 0.4) is 0 Å². The van der Waals surface area contributed by atoms with Crippen LogP contribution in [0.2, 0.25) is 0 Å². The van der Waals surface area contributed by atoms with Crippen molar-refractivity contribution in [2.45, 2.75) is 69.5 Å². The molecule has 3 aliphatic rings. The minimum atomic E-state index is -0.462. The zero-order chi connectivity index (χ0) is 23.9. The molecule has 0 radical (unpaired) electrons. The van der Waals surface area contributed by atoms with Crippen molar-refractivity contribution in [1.29, 1.82) is 0 Å². The number of alkyl carbamates (subject to hydrolysis) is 1. The standard InChI is InChI=1S/C24H41NO8/c1-17(2)6-7-19-23(3,33-19)21-20(28-5)18(8-9-24(21)16-31-24)32-22(26)25-10-11-29-14-15-30-13-12-27-4/h6,18-21H,7-16H2,1-5H3,(H,25,26)/t18-,19-,20-,21-,23+,24?/m1/s1. The van der Waals surface area contributed by atoms with Crippen LogP contribution in [0.5, 0.6) is 0 Å². The maximum absolute atomic E-state index is 12.4. The van der Waals surface area contributed by atoms with Crippen molar-refractivity contribution in [3.63, 3.8) is 0 Å². The first-order chi connectivity index (χ1) is 15.9. The predicted octanol–water partition coefficient (Wildman–Crippen LogP) is 2.47. The summed E-state index contributed by atoms with van der Waals surface area (Å²) in [5.74, 6) is 0.0125. The quantitative estimate of drug-likeness (QED) is 0.234. The molecule has 0 aromatic carbocycles. The van der Waals surface area contributed by atoms with Gasteiger partial charge in [0.1, 0.15) is 23.4 Å². The van der Waals surface area contributed by atoms with E-state index in [1.54, 1.807) is 14.2 Å². The predicted molar refractivity (Wildman–Crippen MR) is 121 cm³/mol. The molecular weight excluding hydrogens is 430 g/mol. The highest BCUT2D eigenvalue weighted by atomic mass is 16.6. The molecule has 9 nitrogen and oxygen atoms in total. The number of hydrogen-bond acceptors (Lipinski definition) is 8. The molecular formula is C24H41NO8. The molecule has 1 aliphatic carbocycles. The molecule has 3 fully saturated rings. The molecule has 33 heavy (non-hydrogen) atoms. The van der Waals surface area contributed by atoms with Crippen molar-refractivity contribution in [1.82, 2.24) is 5.32 Å². The average molecular weight is 472 g/mol. The molecule has 1 N–H and O–H groups in total. The summed E-state index contributed by atoms with van der Waals surface area (Å²) in [6.07, 6.45) is 3.63. The third-order valence-electron chi connectivity index (χ3n) is 6.82. The summed E-state index contributed by atoms with van der Waals surface area (Å²) in [5.41, 5.74) is 0.698. The van der Waals surface area contributed by atoms with Crippen LogP contribution in [-0.2, 0) is 33.2 Å². The Balaban J connectivity index is 1.44. The highest BCUT2D eigenvalue weighted by molar-refractivity contribution is 5.67. The minimum absolute atomic E-state index is 0.0125. The Labute approximate surface area is 197 Å². The van der Waals surface area contributed by atoms with Crippen LogP contribution in [-0.4, -0.2) is 96.0 Å². The Kier molecular flexibility index (Phi) is 9.55. The van der Waals surface area contributed by atoms with Crippen LogP contribution >= 0.6 is 0 Å². The highest BCUT2D eigenvalue weighted by Crippen LogP contribution is 2.59. The number of nitrogens with one attached hydrogen (secondary N) is 1. The van der Waals surface area contributed by atoms with Crippen molar-refractivity contribution in [3.8, 4) is 0 Å². The Bertz CT molecular complexity index is 663. The van der Waals surface area contributed by atoms with E-state index in [2.05, 4.69) is 32.2 Å². The molecule has 2 heterocycles. The summed E-state index contributed by atoms with van der Waals surface area (Å²) in [5, 5.41) is 2.76. The van der Waals surface area contributed by atoms with Gasteiger partial charge in [-0.25, -0.2) is 4.79 Å². The third kappa shape index (κ3) is 6.90. The van der Waals surface area contributed by atoms with Crippen LogP contribution in [0.4, 0.5) is 4.79 Å². The van der Waals surface area contributed by atoms with Gasteiger partial charge in [0.25, 0.3) is 0 Å². The highest BCUT2D eigenvalue weighted by Gasteiger charge is 2.72. The molecule has 1 saturated carbocycles. The first-order valence-electron chi connectivity index (χ1n) is 11.9. The van der Waals surface area contributed by atoms with Crippen molar-refractivity contribution < 1.29 is 38.0 Å². The monoisotopic (exact) mass is 471 g/mol. The fraction of sp³-hybridized carbons (Fsp3) is 0.875. The maximum Gasteiger partial charge on any atom is 0.407 e. The van der Waals surface area contributed by atoms with Crippen molar-refractivity contribution in [2.24, 2.45) is 5.92 Å². The number of amides is 1. The van der Waals surface area contributed by atoms with E-state index in [0.717, 1.165) is 12.8 Å². The molecule has 3 rings (SSSR count). The number of methoxy groups -OCH3 is 2. The van der Waals surface area contributed by atoms with Gasteiger partial charge in [-0.05, 0) is 40.0 Å². The molecule has 6 atom stereocenters. The van der Waals surface area contributed by atoms with Crippen molar-refractivity contribution in [3.05, 3.63) is 11.6 Å². The lowest BCUT2D eigenvalue weighted by Crippen LogP contribution is -2.56. The minimum Gasteiger partial charge on any atom is -0.443 e. The third-order valence-corrected chi connectivity index (χ3v) is 6.82. The molecule has 0 bridgehead atoms. The van der Waals surface area contributed by atoms with Gasteiger partial charge in [-0.3, -0.25) is 0 Å². The lowest BCUT2D eigenvalue weighted by Gasteiger charge is -2.42. The van der Waals surface area contributed by atoms with E-state index in [4.69, 9.17) is 33.2 Å². The molecule has 9 heteroatoms. The molecule has 0 aromatic rings. The van der Waals surface area contributed by atoms with Gasteiger partial charge in [0.2, 0.25) is 0 Å². The van der Waals surface area contributed by atoms with Gasteiger partial charge in [-0.2, -0.15) is 0 Å². The fourth-order valence-electron chi connectivity index (χ4n) is 4.94. The van der Waals surface area contributed by atoms with Gasteiger partial charge < -0.3 is 38.5 Å². The maximum atomic E-state index is 12.4. The van der Waals surface area contributed by atoms with E-state index in [9.17, 15) is 4.79 Å². The Morgan fingerprint density at radius 2 is 1.82 bits per heavy atom. The molecule has 0 aromatic heterocycles. The van der Waals surface area contributed by atoms with Crippen LogP contribution in [0.25, 0.3) is 0 Å². The molecule has 1 unspecified atom stereocenters. The zero-order valence-electron chi connectivity index (χ0n) is 20.7. The first kappa shape index (κ1) is 26.4. The number of ether oxygens (including phenoxy) is 7. The van der Waals surface area contributed by atoms with E-state index in [1.165, 1.54) is 5.57 Å². The van der Waals surface area contributed by atoms with Crippen LogP contribution in [0.1, 0.15) is 40.0 Å². The number of hydrogen-bond donors (Lipinski definition) is 1. The Morgan fingerprint density at radius 1 is 1.12 bits per heavy atom. The van der Waals surface area contributed by atoms with Crippen LogP contribution < -0.4 is 5.32 Å². The van der Waals surface area contributed by atoms with Crippen molar-refractivity contribution in [2.75, 3.05) is 60.4 Å². The van der Waals surface area contributed by atoms with E-state index in [-0.39, 0.29) is 35.4 Å². The fourth-order valence-corrected chi connectivity index (χ4v) is 4.94. The lowest BCUT2D eigenvalue weighted by atomic mass is 9.68. The second kappa shape index (κ2) is 12.0. The number of carbonyl (C=O) groups is 1. The number of rotatable bonds is 14. The van der Waals surface area contributed by atoms with Gasteiger partial charge in [-0.15, -0.1) is 0 Å². The summed E-state index contributed by atoms with van der Waals surface area (Å²) in [6.45, 7) is 9.83. The smallest absolute Gasteiger partial charge is 0.407 e. The molecule has 2 aliphatic heterocycles. The molecule has 1 spiro atoms. The van der Waals surface area contributed by atoms with E-state index < -0.39 is 6.09 Å². The summed E-state index contributed by atoms with van der Waals surface area (Å²) >= 11 is 0. The lowest BCUT2D eigenvalue weighted by molar-refractivity contribution is -0.118. The first-order valence-corrected chi connectivity index (χ1v) is 11.9. The van der Waals surface area contributed by atoms with E-state index >= 15 is 0 Å². The van der Waals surface area contributed by atoms with Gasteiger partial charge in [0.05, 0.1) is 51.7 Å². The Hall–Kier alpha value is -1.23. The zero-order valence-corrected chi connectivity index (χ0v) is 20.7. The largest absolute Gasteiger partial charge is 0.443 e. The second-order valence-corrected chi connectivity index (χ2v) is 9.47. The van der Waals surface area contributed by atoms with Crippen LogP contribution in [0.15, 0.2) is 11.6 Å². The Morgan fingerprint density at radius 3 is 2.45 bits per heavy atom. The number of allylic oxidation sites excluding steroid dienone is 1. The van der Waals surface area contributed by atoms with Gasteiger partial charge >= 0.3 is 6.09 Å². The summed E-state index contributed by atoms with van der Waals surface area (Å²) in [7, 11) is 3.31.